The fourth-order valence-electron chi connectivity index (χ4n) is 7.03. The molecule has 0 aromatic heterocycles. The van der Waals surface area contributed by atoms with Crippen molar-refractivity contribution in [1.29, 1.82) is 0 Å². The number of nitrogens with zero attached hydrogens (tertiary/aromatic N) is 1. The second kappa shape index (κ2) is 17.2. The SMILES string of the molecule is CCCCC(NC(=O)C1[C@H](C(C)(C)C)CCN1C(=O)[C@@H](NC(=O)NC1(CS(=O)(=O)C(C)(C)C)CCCCC1)C(C)(C)C)C(=O)C(=O)NCCC. The number of ketones is 1. The molecule has 2 unspecified atom stereocenters. The van der Waals surface area contributed by atoms with Crippen LogP contribution in [0.1, 0.15) is 140 Å². The molecule has 2 rings (SSSR count). The first-order chi connectivity index (χ1) is 22.9. The standard InChI is InChI=1S/C37H67N5O7S/c1-12-14-18-26(28(43)31(45)38-22-13-2)39-30(44)27-25(34(3,4)5)19-23-42(27)32(46)29(35(6,7)8)40-33(47)41-37(20-16-15-17-21-37)24-50(48,49)36(9,10)11/h25-27,29H,12-24H2,1-11H3,(H,38,45)(H,39,44)(H2,40,41,47)/t25-,26?,27?,29-/m1/s1. The first-order valence-corrected chi connectivity index (χ1v) is 20.3. The normalized spacial score (nSPS) is 21.1. The summed E-state index contributed by atoms with van der Waals surface area (Å²) in [5.74, 6) is -2.84. The van der Waals surface area contributed by atoms with Crippen molar-refractivity contribution in [1.82, 2.24) is 26.2 Å². The number of urea groups is 1. The third-order valence-corrected chi connectivity index (χ3v) is 13.1. The van der Waals surface area contributed by atoms with Crippen LogP contribution in [0.2, 0.25) is 0 Å². The monoisotopic (exact) mass is 725 g/mol. The van der Waals surface area contributed by atoms with Crippen molar-refractivity contribution in [3.05, 3.63) is 0 Å². The average molecular weight is 726 g/mol. The molecule has 2 aliphatic rings. The van der Waals surface area contributed by atoms with Crippen molar-refractivity contribution in [3.63, 3.8) is 0 Å². The minimum Gasteiger partial charge on any atom is -0.349 e. The van der Waals surface area contributed by atoms with Gasteiger partial charge in [-0.05, 0) is 69.6 Å². The van der Waals surface area contributed by atoms with Crippen molar-refractivity contribution >= 4 is 39.4 Å². The minimum absolute atomic E-state index is 0.193. The van der Waals surface area contributed by atoms with E-state index in [2.05, 4.69) is 21.3 Å². The van der Waals surface area contributed by atoms with Crippen molar-refractivity contribution in [2.45, 2.75) is 169 Å². The molecule has 0 aromatic rings. The maximum Gasteiger partial charge on any atom is 0.315 e. The van der Waals surface area contributed by atoms with E-state index in [1.165, 1.54) is 4.90 Å². The topological polar surface area (TPSA) is 171 Å². The van der Waals surface area contributed by atoms with E-state index in [-0.39, 0.29) is 23.6 Å². The predicted molar refractivity (Wildman–Crippen MR) is 197 cm³/mol. The van der Waals surface area contributed by atoms with Gasteiger partial charge >= 0.3 is 6.03 Å². The molecule has 0 spiro atoms. The Hall–Kier alpha value is -2.70. The second-order valence-corrected chi connectivity index (χ2v) is 20.4. The quantitative estimate of drug-likeness (QED) is 0.189. The molecule has 5 amide bonds. The zero-order chi connectivity index (χ0) is 38.3. The highest BCUT2D eigenvalue weighted by atomic mass is 32.2. The van der Waals surface area contributed by atoms with Gasteiger partial charge < -0.3 is 26.2 Å². The number of nitrogens with one attached hydrogen (secondary N) is 4. The van der Waals surface area contributed by atoms with E-state index >= 15 is 0 Å². The highest BCUT2D eigenvalue weighted by Gasteiger charge is 2.50. The number of amides is 5. The van der Waals surface area contributed by atoms with Gasteiger partial charge in [-0.3, -0.25) is 19.2 Å². The summed E-state index contributed by atoms with van der Waals surface area (Å²) in [5, 5.41) is 11.4. The van der Waals surface area contributed by atoms with E-state index in [4.69, 9.17) is 0 Å². The van der Waals surface area contributed by atoms with E-state index in [9.17, 15) is 32.4 Å². The molecule has 1 aliphatic carbocycles. The highest BCUT2D eigenvalue weighted by Crippen LogP contribution is 2.40. The largest absolute Gasteiger partial charge is 0.349 e. The van der Waals surface area contributed by atoms with Crippen LogP contribution in [-0.2, 0) is 29.0 Å². The summed E-state index contributed by atoms with van der Waals surface area (Å²) in [6.07, 6.45) is 6.41. The third-order valence-electron chi connectivity index (χ3n) is 10.3. The Labute approximate surface area is 301 Å². The summed E-state index contributed by atoms with van der Waals surface area (Å²) in [4.78, 5) is 69.9. The zero-order valence-electron chi connectivity index (χ0n) is 32.7. The number of carbonyl (C=O) groups is 5. The molecule has 12 nitrogen and oxygen atoms in total. The number of rotatable bonds is 14. The first-order valence-electron chi connectivity index (χ1n) is 18.6. The van der Waals surface area contributed by atoms with Crippen molar-refractivity contribution in [2.24, 2.45) is 16.7 Å². The second-order valence-electron chi connectivity index (χ2n) is 17.7. The van der Waals surface area contributed by atoms with Crippen molar-refractivity contribution in [3.8, 4) is 0 Å². The van der Waals surface area contributed by atoms with E-state index in [0.29, 0.717) is 45.1 Å². The van der Waals surface area contributed by atoms with Gasteiger partial charge in [0.05, 0.1) is 22.1 Å². The Bertz CT molecular complexity index is 1320. The van der Waals surface area contributed by atoms with Crippen LogP contribution in [0.15, 0.2) is 0 Å². The van der Waals surface area contributed by atoms with Gasteiger partial charge in [-0.25, -0.2) is 13.2 Å². The predicted octanol–water partition coefficient (Wildman–Crippen LogP) is 4.65. The third kappa shape index (κ3) is 11.4. The van der Waals surface area contributed by atoms with Gasteiger partial charge in [0.15, 0.2) is 9.84 Å². The van der Waals surface area contributed by atoms with Gasteiger partial charge in [0, 0.05) is 13.1 Å². The van der Waals surface area contributed by atoms with Crippen molar-refractivity contribution in [2.75, 3.05) is 18.8 Å². The number of Topliss-reactive ketones (excluding diaryl/α,β-unsaturated/α-hetero) is 1. The molecule has 4 N–H and O–H groups in total. The molecule has 0 bridgehead atoms. The van der Waals surface area contributed by atoms with E-state index in [0.717, 1.165) is 25.7 Å². The molecule has 1 heterocycles. The minimum atomic E-state index is -3.57. The molecule has 1 saturated heterocycles. The molecular formula is C37H67N5O7S. The van der Waals surface area contributed by atoms with Crippen LogP contribution in [0.4, 0.5) is 4.79 Å². The summed E-state index contributed by atoms with van der Waals surface area (Å²) >= 11 is 0. The summed E-state index contributed by atoms with van der Waals surface area (Å²) in [6.45, 7) is 20.9. The van der Waals surface area contributed by atoms with Crippen LogP contribution in [0.5, 0.6) is 0 Å². The molecule has 288 valence electrons. The summed E-state index contributed by atoms with van der Waals surface area (Å²) in [7, 11) is -3.57. The van der Waals surface area contributed by atoms with E-state index in [1.807, 2.05) is 55.4 Å². The van der Waals surface area contributed by atoms with Crippen LogP contribution in [-0.4, -0.2) is 90.1 Å². The summed E-state index contributed by atoms with van der Waals surface area (Å²) in [6, 6.07) is -3.64. The molecule has 13 heteroatoms. The summed E-state index contributed by atoms with van der Waals surface area (Å²) in [5.41, 5.74) is -2.12. The number of unbranched alkanes of at least 4 members (excludes halogenated alkanes) is 1. The zero-order valence-corrected chi connectivity index (χ0v) is 33.5. The van der Waals surface area contributed by atoms with Crippen LogP contribution < -0.4 is 21.3 Å². The van der Waals surface area contributed by atoms with Crippen LogP contribution in [0.3, 0.4) is 0 Å². The molecule has 0 radical (unpaired) electrons. The van der Waals surface area contributed by atoms with Gasteiger partial charge in [0.25, 0.3) is 5.91 Å². The van der Waals surface area contributed by atoms with Gasteiger partial charge in [0.2, 0.25) is 17.6 Å². The lowest BCUT2D eigenvalue weighted by Gasteiger charge is -2.41. The highest BCUT2D eigenvalue weighted by molar-refractivity contribution is 7.92. The van der Waals surface area contributed by atoms with E-state index in [1.54, 1.807) is 20.8 Å². The van der Waals surface area contributed by atoms with Crippen LogP contribution in [0.25, 0.3) is 0 Å². The number of hydrogen-bond donors (Lipinski definition) is 4. The summed E-state index contributed by atoms with van der Waals surface area (Å²) < 4.78 is 25.7. The lowest BCUT2D eigenvalue weighted by atomic mass is 9.75. The molecule has 1 aliphatic heterocycles. The smallest absolute Gasteiger partial charge is 0.315 e. The Kier molecular flexibility index (Phi) is 15.0. The lowest BCUT2D eigenvalue weighted by molar-refractivity contribution is -0.145. The van der Waals surface area contributed by atoms with Gasteiger partial charge in [0.1, 0.15) is 12.1 Å². The molecule has 1 saturated carbocycles. The maximum atomic E-state index is 14.5. The fraction of sp³-hybridized carbons (Fsp3) is 0.865. The van der Waals surface area contributed by atoms with Crippen LogP contribution >= 0.6 is 0 Å². The number of carbonyl (C=O) groups excluding carboxylic acids is 5. The Morgan fingerprint density at radius 2 is 1.46 bits per heavy atom. The Morgan fingerprint density at radius 3 is 1.96 bits per heavy atom. The van der Waals surface area contributed by atoms with Gasteiger partial charge in [-0.15, -0.1) is 0 Å². The Balaban J connectivity index is 2.42. The van der Waals surface area contributed by atoms with Crippen molar-refractivity contribution < 1.29 is 32.4 Å². The number of hydrogen-bond acceptors (Lipinski definition) is 7. The number of likely N-dealkylation sites (tertiary alicyclic amines) is 1. The average Bonchev–Trinajstić information content (AvgIpc) is 3.45. The Morgan fingerprint density at radius 1 is 0.860 bits per heavy atom. The maximum absolute atomic E-state index is 14.5. The first kappa shape index (κ1) is 43.5. The van der Waals surface area contributed by atoms with E-state index < -0.39 is 73.2 Å². The molecule has 0 aromatic carbocycles. The lowest BCUT2D eigenvalue weighted by Crippen LogP contribution is -2.64. The fourth-order valence-corrected chi connectivity index (χ4v) is 8.55. The van der Waals surface area contributed by atoms with Gasteiger partial charge in [-0.2, -0.15) is 0 Å². The van der Waals surface area contributed by atoms with Crippen LogP contribution in [0, 0.1) is 16.7 Å². The molecule has 4 atom stereocenters. The molecule has 2 fully saturated rings. The number of sulfone groups is 1. The molecular weight excluding hydrogens is 659 g/mol. The molecule has 50 heavy (non-hydrogen) atoms. The van der Waals surface area contributed by atoms with Gasteiger partial charge in [-0.1, -0.05) is 87.5 Å².